The lowest BCUT2D eigenvalue weighted by Crippen LogP contribution is -2.22. The number of rotatable bonds is 6. The van der Waals surface area contributed by atoms with Gasteiger partial charge in [-0.3, -0.25) is 4.90 Å². The first-order valence-electron chi connectivity index (χ1n) is 5.71. The van der Waals surface area contributed by atoms with Crippen molar-refractivity contribution in [1.29, 1.82) is 0 Å². The smallest absolute Gasteiger partial charge is 0.0471 e. The lowest BCUT2D eigenvalue weighted by molar-refractivity contribution is 0.294. The quantitative estimate of drug-likeness (QED) is 0.772. The summed E-state index contributed by atoms with van der Waals surface area (Å²) in [5.74, 6) is 0. The van der Waals surface area contributed by atoms with Crippen LogP contribution in [0.4, 0.5) is 0 Å². The number of nitrogens with zero attached hydrogens (tertiary/aromatic N) is 1. The van der Waals surface area contributed by atoms with Crippen molar-refractivity contribution < 1.29 is 5.11 Å². The molecule has 1 aromatic rings. The van der Waals surface area contributed by atoms with Gasteiger partial charge in [0.25, 0.3) is 0 Å². The van der Waals surface area contributed by atoms with Gasteiger partial charge in [0.1, 0.15) is 0 Å². The van der Waals surface area contributed by atoms with Crippen LogP contribution in [0.3, 0.4) is 0 Å². The Kier molecular flexibility index (Phi) is 5.37. The second-order valence-electron chi connectivity index (χ2n) is 3.75. The fourth-order valence-electron chi connectivity index (χ4n) is 1.72. The van der Waals surface area contributed by atoms with Crippen molar-refractivity contribution in [2.24, 2.45) is 0 Å². The molecule has 0 fully saturated rings. The van der Waals surface area contributed by atoms with Crippen LogP contribution in [-0.4, -0.2) is 29.7 Å². The van der Waals surface area contributed by atoms with Crippen molar-refractivity contribution in [3.8, 4) is 0 Å². The van der Waals surface area contributed by atoms with Gasteiger partial charge in [0.15, 0.2) is 0 Å². The highest BCUT2D eigenvalue weighted by molar-refractivity contribution is 5.23. The summed E-state index contributed by atoms with van der Waals surface area (Å²) in [5.41, 5.74) is 2.56. The van der Waals surface area contributed by atoms with Gasteiger partial charge in [0.05, 0.1) is 0 Å². The monoisotopic (exact) mass is 207 g/mol. The molecule has 0 amide bonds. The maximum Gasteiger partial charge on any atom is 0.0471 e. The Morgan fingerprint density at radius 2 is 1.80 bits per heavy atom. The summed E-state index contributed by atoms with van der Waals surface area (Å²) >= 11 is 0. The third-order valence-electron chi connectivity index (χ3n) is 2.69. The predicted molar refractivity (Wildman–Crippen MR) is 63.9 cm³/mol. The molecule has 0 heterocycles. The molecule has 0 aliphatic rings. The highest BCUT2D eigenvalue weighted by atomic mass is 16.2. The van der Waals surface area contributed by atoms with E-state index in [1.165, 1.54) is 11.1 Å². The van der Waals surface area contributed by atoms with Gasteiger partial charge in [-0.1, -0.05) is 38.1 Å². The van der Waals surface area contributed by atoms with Crippen LogP contribution in [0.15, 0.2) is 24.3 Å². The minimum absolute atomic E-state index is 0.231. The molecule has 0 unspecified atom stereocenters. The highest BCUT2D eigenvalue weighted by Gasteiger charge is 2.01. The fraction of sp³-hybridized carbons (Fsp3) is 0.538. The summed E-state index contributed by atoms with van der Waals surface area (Å²) in [6.45, 7) is 7.77. The first-order chi connectivity index (χ1) is 7.30. The highest BCUT2D eigenvalue weighted by Crippen LogP contribution is 2.08. The zero-order valence-corrected chi connectivity index (χ0v) is 9.74. The van der Waals surface area contributed by atoms with E-state index in [0.717, 1.165) is 26.1 Å². The second kappa shape index (κ2) is 6.59. The molecular weight excluding hydrogens is 186 g/mol. The van der Waals surface area contributed by atoms with Gasteiger partial charge < -0.3 is 5.11 Å². The van der Waals surface area contributed by atoms with Gasteiger partial charge in [0, 0.05) is 13.2 Å². The summed E-state index contributed by atoms with van der Waals surface area (Å²) < 4.78 is 0. The summed E-state index contributed by atoms with van der Waals surface area (Å²) in [6, 6.07) is 8.49. The van der Waals surface area contributed by atoms with Crippen LogP contribution < -0.4 is 0 Å². The van der Waals surface area contributed by atoms with E-state index in [2.05, 4.69) is 43.0 Å². The van der Waals surface area contributed by atoms with Crippen LogP contribution >= 0.6 is 0 Å². The Labute approximate surface area is 92.5 Å². The molecule has 0 saturated carbocycles. The molecule has 1 rings (SSSR count). The van der Waals surface area contributed by atoms with E-state index in [-0.39, 0.29) is 6.61 Å². The maximum absolute atomic E-state index is 8.87. The second-order valence-corrected chi connectivity index (χ2v) is 3.75. The molecule has 0 aromatic heterocycles. The van der Waals surface area contributed by atoms with E-state index in [9.17, 15) is 0 Å². The summed E-state index contributed by atoms with van der Waals surface area (Å²) in [5, 5.41) is 8.87. The standard InChI is InChI=1S/C13H21NO/c1-3-14(4-2)11-13-7-5-6-12(10-13)8-9-15/h5-7,10,15H,3-4,8-9,11H2,1-2H3. The van der Waals surface area contributed by atoms with Crippen LogP contribution in [0.25, 0.3) is 0 Å². The van der Waals surface area contributed by atoms with Gasteiger partial charge in [-0.25, -0.2) is 0 Å². The molecule has 2 heteroatoms. The number of aliphatic hydroxyl groups is 1. The Morgan fingerprint density at radius 3 is 2.40 bits per heavy atom. The molecule has 1 aromatic carbocycles. The fourth-order valence-corrected chi connectivity index (χ4v) is 1.72. The van der Waals surface area contributed by atoms with E-state index in [1.54, 1.807) is 0 Å². The normalized spacial score (nSPS) is 10.9. The minimum Gasteiger partial charge on any atom is -0.396 e. The number of aliphatic hydroxyl groups excluding tert-OH is 1. The van der Waals surface area contributed by atoms with Gasteiger partial charge >= 0.3 is 0 Å². The van der Waals surface area contributed by atoms with Crippen molar-refractivity contribution in [3.05, 3.63) is 35.4 Å². The maximum atomic E-state index is 8.87. The summed E-state index contributed by atoms with van der Waals surface area (Å²) in [4.78, 5) is 2.39. The molecule has 0 radical (unpaired) electrons. The Morgan fingerprint density at radius 1 is 1.13 bits per heavy atom. The van der Waals surface area contributed by atoms with Gasteiger partial charge in [-0.15, -0.1) is 0 Å². The largest absolute Gasteiger partial charge is 0.396 e. The van der Waals surface area contributed by atoms with E-state index in [1.807, 2.05) is 0 Å². The molecule has 0 spiro atoms. The molecule has 84 valence electrons. The Balaban J connectivity index is 2.64. The van der Waals surface area contributed by atoms with Crippen molar-refractivity contribution in [1.82, 2.24) is 4.90 Å². The van der Waals surface area contributed by atoms with E-state index in [4.69, 9.17) is 5.11 Å². The lowest BCUT2D eigenvalue weighted by atomic mass is 10.1. The zero-order chi connectivity index (χ0) is 11.1. The molecule has 2 nitrogen and oxygen atoms in total. The predicted octanol–water partition coefficient (Wildman–Crippen LogP) is 2.06. The van der Waals surface area contributed by atoms with Crippen LogP contribution in [0.1, 0.15) is 25.0 Å². The third-order valence-corrected chi connectivity index (χ3v) is 2.69. The molecule has 15 heavy (non-hydrogen) atoms. The average molecular weight is 207 g/mol. The van der Waals surface area contributed by atoms with Crippen LogP contribution in [0.2, 0.25) is 0 Å². The molecule has 0 aliphatic carbocycles. The Bertz CT molecular complexity index is 282. The van der Waals surface area contributed by atoms with E-state index >= 15 is 0 Å². The zero-order valence-electron chi connectivity index (χ0n) is 9.74. The van der Waals surface area contributed by atoms with Crippen LogP contribution in [-0.2, 0) is 13.0 Å². The van der Waals surface area contributed by atoms with E-state index < -0.39 is 0 Å². The molecule has 1 N–H and O–H groups in total. The van der Waals surface area contributed by atoms with Gasteiger partial charge in [-0.05, 0) is 30.6 Å². The van der Waals surface area contributed by atoms with Crippen molar-refractivity contribution in [3.63, 3.8) is 0 Å². The first-order valence-corrected chi connectivity index (χ1v) is 5.71. The first kappa shape index (κ1) is 12.2. The van der Waals surface area contributed by atoms with Gasteiger partial charge in [0.2, 0.25) is 0 Å². The number of benzene rings is 1. The average Bonchev–Trinajstić information content (AvgIpc) is 2.27. The van der Waals surface area contributed by atoms with Crippen molar-refractivity contribution in [2.45, 2.75) is 26.8 Å². The molecule has 0 aliphatic heterocycles. The molecule has 0 atom stereocenters. The van der Waals surface area contributed by atoms with Crippen LogP contribution in [0.5, 0.6) is 0 Å². The van der Waals surface area contributed by atoms with Crippen LogP contribution in [0, 0.1) is 0 Å². The van der Waals surface area contributed by atoms with Crippen molar-refractivity contribution in [2.75, 3.05) is 19.7 Å². The van der Waals surface area contributed by atoms with Gasteiger partial charge in [-0.2, -0.15) is 0 Å². The minimum atomic E-state index is 0.231. The summed E-state index contributed by atoms with van der Waals surface area (Å²) in [7, 11) is 0. The number of hydrogen-bond donors (Lipinski definition) is 1. The Hall–Kier alpha value is -0.860. The molecule has 0 saturated heterocycles. The molecule has 0 bridgehead atoms. The van der Waals surface area contributed by atoms with Crippen molar-refractivity contribution >= 4 is 0 Å². The third kappa shape index (κ3) is 4.02. The SMILES string of the molecule is CCN(CC)Cc1cccc(CCO)c1. The van der Waals surface area contributed by atoms with E-state index in [0.29, 0.717) is 0 Å². The lowest BCUT2D eigenvalue weighted by Gasteiger charge is -2.18. The summed E-state index contributed by atoms with van der Waals surface area (Å²) in [6.07, 6.45) is 0.756. The number of hydrogen-bond acceptors (Lipinski definition) is 2. The molecular formula is C13H21NO. The topological polar surface area (TPSA) is 23.5 Å².